The number of carbonyl (C=O) groups is 2. The Morgan fingerprint density at radius 3 is 1.61 bits per heavy atom. The predicted octanol–water partition coefficient (Wildman–Crippen LogP) is 5.12. The van der Waals surface area contributed by atoms with E-state index >= 15 is 0 Å². The van der Waals surface area contributed by atoms with Crippen molar-refractivity contribution in [2.45, 2.75) is 6.54 Å². The van der Waals surface area contributed by atoms with Gasteiger partial charge in [-0.15, -0.1) is 0 Å². The van der Waals surface area contributed by atoms with E-state index in [2.05, 4.69) is 12.2 Å². The highest BCUT2D eigenvalue weighted by Crippen LogP contribution is 2.58. The average molecular weight is 478 g/mol. The van der Waals surface area contributed by atoms with Crippen molar-refractivity contribution in [2.24, 2.45) is 23.7 Å². The Balaban J connectivity index is 1.43. The summed E-state index contributed by atoms with van der Waals surface area (Å²) in [5.41, 5.74) is 5.27. The molecule has 4 unspecified atom stereocenters. The number of imide groups is 1. The summed E-state index contributed by atoms with van der Waals surface area (Å²) >= 11 is 0. The van der Waals surface area contributed by atoms with Crippen molar-refractivity contribution >= 4 is 17.4 Å². The maximum atomic E-state index is 13.6. The van der Waals surface area contributed by atoms with Crippen LogP contribution in [0.5, 0.6) is 11.5 Å². The molecule has 4 atom stereocenters. The fraction of sp³-hybridized carbons (Fsp3) is 0.226. The lowest BCUT2D eigenvalue weighted by molar-refractivity contribution is -0.141. The van der Waals surface area contributed by atoms with Crippen molar-refractivity contribution in [3.63, 3.8) is 0 Å². The van der Waals surface area contributed by atoms with Gasteiger partial charge in [0.05, 0.1) is 32.6 Å². The quantitative estimate of drug-likeness (QED) is 0.365. The Hall–Kier alpha value is -4.12. The van der Waals surface area contributed by atoms with E-state index in [4.69, 9.17) is 9.47 Å². The van der Waals surface area contributed by atoms with Crippen LogP contribution in [0, 0.1) is 23.7 Å². The van der Waals surface area contributed by atoms with E-state index in [1.165, 1.54) is 4.90 Å². The molecule has 5 nitrogen and oxygen atoms in total. The lowest BCUT2D eigenvalue weighted by Gasteiger charge is -2.22. The van der Waals surface area contributed by atoms with Crippen molar-refractivity contribution in [3.05, 3.63) is 113 Å². The van der Waals surface area contributed by atoms with Crippen LogP contribution in [-0.4, -0.2) is 30.9 Å². The third-order valence-corrected chi connectivity index (χ3v) is 7.74. The van der Waals surface area contributed by atoms with Crippen LogP contribution in [0.1, 0.15) is 16.7 Å². The molecular weight excluding hydrogens is 450 g/mol. The van der Waals surface area contributed by atoms with Crippen molar-refractivity contribution < 1.29 is 19.1 Å². The lowest BCUT2D eigenvalue weighted by Crippen LogP contribution is -2.32. The summed E-state index contributed by atoms with van der Waals surface area (Å²) in [6, 6.07) is 25.7. The topological polar surface area (TPSA) is 55.8 Å². The second kappa shape index (κ2) is 8.83. The van der Waals surface area contributed by atoms with E-state index in [1.807, 2.05) is 78.9 Å². The van der Waals surface area contributed by atoms with Crippen molar-refractivity contribution in [1.29, 1.82) is 0 Å². The number of benzene rings is 3. The highest BCUT2D eigenvalue weighted by atomic mass is 16.5. The van der Waals surface area contributed by atoms with Crippen molar-refractivity contribution in [3.8, 4) is 11.5 Å². The van der Waals surface area contributed by atoms with Gasteiger partial charge in [-0.1, -0.05) is 66.7 Å². The number of methoxy groups -OCH3 is 2. The van der Waals surface area contributed by atoms with Crippen LogP contribution in [0.15, 0.2) is 96.6 Å². The molecule has 180 valence electrons. The molecule has 1 heterocycles. The molecule has 2 bridgehead atoms. The number of hydrogen-bond acceptors (Lipinski definition) is 4. The normalized spacial score (nSPS) is 23.8. The number of amides is 2. The second-order valence-electron chi connectivity index (χ2n) is 9.52. The summed E-state index contributed by atoms with van der Waals surface area (Å²) in [6.07, 6.45) is 4.26. The Morgan fingerprint density at radius 1 is 0.694 bits per heavy atom. The monoisotopic (exact) mass is 477 g/mol. The van der Waals surface area contributed by atoms with Gasteiger partial charge in [-0.2, -0.15) is 0 Å². The summed E-state index contributed by atoms with van der Waals surface area (Å²) in [4.78, 5) is 28.7. The molecular formula is C31H27NO4. The van der Waals surface area contributed by atoms with Crippen LogP contribution >= 0.6 is 0 Å². The minimum absolute atomic E-state index is 0.0629. The van der Waals surface area contributed by atoms with Gasteiger partial charge in [0, 0.05) is 11.8 Å². The van der Waals surface area contributed by atoms with Gasteiger partial charge in [0.15, 0.2) is 0 Å². The second-order valence-corrected chi connectivity index (χ2v) is 9.52. The van der Waals surface area contributed by atoms with Gasteiger partial charge < -0.3 is 9.47 Å². The molecule has 1 saturated heterocycles. The van der Waals surface area contributed by atoms with Crippen LogP contribution in [0.2, 0.25) is 0 Å². The number of allylic oxidation sites excluding steroid dienone is 3. The fourth-order valence-electron chi connectivity index (χ4n) is 6.10. The van der Waals surface area contributed by atoms with Crippen LogP contribution in [0.4, 0.5) is 0 Å². The molecule has 6 rings (SSSR count). The number of nitrogens with zero attached hydrogens (tertiary/aromatic N) is 1. The number of likely N-dealkylation sites (tertiary alicyclic amines) is 1. The summed E-state index contributed by atoms with van der Waals surface area (Å²) in [6.45, 7) is 0.327. The van der Waals surface area contributed by atoms with Crippen molar-refractivity contribution in [2.75, 3.05) is 14.2 Å². The number of fused-ring (bicyclic) bond motifs is 5. The molecule has 2 amide bonds. The van der Waals surface area contributed by atoms with Gasteiger partial charge in [0.1, 0.15) is 11.5 Å². The Labute approximate surface area is 210 Å². The summed E-state index contributed by atoms with van der Waals surface area (Å²) in [7, 11) is 3.30. The van der Waals surface area contributed by atoms with Gasteiger partial charge in [-0.25, -0.2) is 0 Å². The Morgan fingerprint density at radius 2 is 1.17 bits per heavy atom. The summed E-state index contributed by atoms with van der Waals surface area (Å²) in [5.74, 6) is 0.538. The maximum absolute atomic E-state index is 13.6. The number of ether oxygens (including phenoxy) is 2. The van der Waals surface area contributed by atoms with Crippen LogP contribution < -0.4 is 9.47 Å². The third kappa shape index (κ3) is 3.46. The summed E-state index contributed by atoms with van der Waals surface area (Å²) in [5, 5.41) is 0. The molecule has 0 radical (unpaired) electrons. The zero-order valence-corrected chi connectivity index (χ0v) is 20.3. The molecule has 5 heteroatoms. The van der Waals surface area contributed by atoms with E-state index in [0.717, 1.165) is 39.3 Å². The van der Waals surface area contributed by atoms with E-state index in [1.54, 1.807) is 14.2 Å². The highest BCUT2D eigenvalue weighted by molar-refractivity contribution is 6.08. The summed E-state index contributed by atoms with van der Waals surface area (Å²) < 4.78 is 10.7. The zero-order chi connectivity index (χ0) is 24.8. The van der Waals surface area contributed by atoms with Gasteiger partial charge in [-0.3, -0.25) is 14.5 Å². The van der Waals surface area contributed by atoms with E-state index in [-0.39, 0.29) is 35.5 Å². The number of carbonyl (C=O) groups excluding carboxylic acids is 2. The first kappa shape index (κ1) is 22.4. The molecule has 2 fully saturated rings. The number of rotatable bonds is 6. The number of hydrogen-bond donors (Lipinski definition) is 0. The molecule has 0 aromatic heterocycles. The molecule has 0 N–H and O–H groups in total. The Bertz CT molecular complexity index is 1290. The standard InChI is InChI=1S/C31H27NO4/c1-35-22-12-8-20(9-13-22)26(21-10-14-23(36-2)15-11-21)27-24-16-17-25(27)29-28(24)30(33)32(31(29)34)18-19-6-4-3-5-7-19/h3-17,24-25,28-29H,18H2,1-2H3. The molecule has 2 aliphatic carbocycles. The molecule has 36 heavy (non-hydrogen) atoms. The van der Waals surface area contributed by atoms with E-state index < -0.39 is 0 Å². The minimum atomic E-state index is -0.349. The molecule has 3 aliphatic rings. The zero-order valence-electron chi connectivity index (χ0n) is 20.3. The smallest absolute Gasteiger partial charge is 0.234 e. The third-order valence-electron chi connectivity index (χ3n) is 7.74. The van der Waals surface area contributed by atoms with Crippen LogP contribution in [0.25, 0.3) is 5.57 Å². The minimum Gasteiger partial charge on any atom is -0.497 e. The van der Waals surface area contributed by atoms with Crippen molar-refractivity contribution in [1.82, 2.24) is 4.90 Å². The van der Waals surface area contributed by atoms with Crippen LogP contribution in [0.3, 0.4) is 0 Å². The molecule has 1 aliphatic heterocycles. The first-order chi connectivity index (χ1) is 17.6. The predicted molar refractivity (Wildman–Crippen MR) is 137 cm³/mol. The maximum Gasteiger partial charge on any atom is 0.234 e. The molecule has 1 saturated carbocycles. The van der Waals surface area contributed by atoms with Crippen LogP contribution in [-0.2, 0) is 16.1 Å². The largest absolute Gasteiger partial charge is 0.497 e. The van der Waals surface area contributed by atoms with E-state index in [9.17, 15) is 9.59 Å². The molecule has 3 aromatic rings. The first-order valence-corrected chi connectivity index (χ1v) is 12.2. The highest BCUT2D eigenvalue weighted by Gasteiger charge is 2.62. The van der Waals surface area contributed by atoms with Gasteiger partial charge in [0.25, 0.3) is 0 Å². The first-order valence-electron chi connectivity index (χ1n) is 12.2. The average Bonchev–Trinajstić information content (AvgIpc) is 3.56. The SMILES string of the molecule is COc1ccc(C(=C2C3C=CC2C2C(=O)N(Cc4ccccc4)C(=O)C32)c2ccc(OC)cc2)cc1. The molecule has 0 spiro atoms. The van der Waals surface area contributed by atoms with Gasteiger partial charge in [0.2, 0.25) is 11.8 Å². The fourth-order valence-corrected chi connectivity index (χ4v) is 6.10. The Kier molecular flexibility index (Phi) is 5.48. The van der Waals surface area contributed by atoms with E-state index in [0.29, 0.717) is 6.54 Å². The van der Waals surface area contributed by atoms with Gasteiger partial charge in [-0.05, 0) is 52.1 Å². The lowest BCUT2D eigenvalue weighted by atomic mass is 9.85. The molecule has 3 aromatic carbocycles. The van der Waals surface area contributed by atoms with Gasteiger partial charge >= 0.3 is 0 Å².